The number of hydrogen-bond donors (Lipinski definition) is 0. The van der Waals surface area contributed by atoms with E-state index in [9.17, 15) is 0 Å². The number of aromatic nitrogens is 2. The molecule has 4 heteroatoms. The average molecular weight is 329 g/mol. The van der Waals surface area contributed by atoms with Crippen LogP contribution in [0.5, 0.6) is 5.75 Å². The van der Waals surface area contributed by atoms with Gasteiger partial charge < -0.3 is 9.30 Å². The fourth-order valence-electron chi connectivity index (χ4n) is 2.74. The molecule has 0 saturated carbocycles. The average Bonchev–Trinajstić information content (AvgIpc) is 2.87. The van der Waals surface area contributed by atoms with Gasteiger partial charge in [0.1, 0.15) is 12.4 Å². The molecule has 0 fully saturated rings. The van der Waals surface area contributed by atoms with Gasteiger partial charge in [-0.1, -0.05) is 11.6 Å². The Hall–Kier alpha value is -2.00. The Labute approximate surface area is 141 Å². The first-order valence-corrected chi connectivity index (χ1v) is 8.15. The number of halogens is 1. The quantitative estimate of drug-likeness (QED) is 0.673. The Morgan fingerprint density at radius 1 is 0.957 bits per heavy atom. The van der Waals surface area contributed by atoms with Crippen LogP contribution < -0.4 is 4.74 Å². The van der Waals surface area contributed by atoms with E-state index in [1.54, 1.807) is 0 Å². The van der Waals surface area contributed by atoms with Crippen LogP contribution in [0, 0.1) is 27.7 Å². The molecule has 0 unspecified atom stereocenters. The van der Waals surface area contributed by atoms with Crippen LogP contribution in [0.3, 0.4) is 0 Å². The maximum absolute atomic E-state index is 6.19. The molecule has 0 bridgehead atoms. The third-order valence-corrected chi connectivity index (χ3v) is 4.84. The molecule has 0 aliphatic heterocycles. The summed E-state index contributed by atoms with van der Waals surface area (Å²) in [7, 11) is 0. The first kappa shape index (κ1) is 15.9. The van der Waals surface area contributed by atoms with E-state index in [0.29, 0.717) is 6.61 Å². The van der Waals surface area contributed by atoms with E-state index in [2.05, 4.69) is 35.5 Å². The molecule has 2 aromatic carbocycles. The van der Waals surface area contributed by atoms with Crippen LogP contribution in [0.1, 0.15) is 22.3 Å². The number of hydrogen-bond acceptors (Lipinski definition) is 2. The summed E-state index contributed by atoms with van der Waals surface area (Å²) in [6.07, 6.45) is 1.88. The smallest absolute Gasteiger partial charge is 0.120 e. The van der Waals surface area contributed by atoms with Gasteiger partial charge in [0, 0.05) is 5.02 Å². The van der Waals surface area contributed by atoms with Crippen LogP contribution in [0.25, 0.3) is 11.0 Å². The van der Waals surface area contributed by atoms with Crippen molar-refractivity contribution in [3.8, 4) is 5.75 Å². The predicted molar refractivity (Wildman–Crippen MR) is 95.6 cm³/mol. The first-order valence-electron chi connectivity index (χ1n) is 7.77. The summed E-state index contributed by atoms with van der Waals surface area (Å²) in [5, 5.41) is 0.809. The Bertz CT molecular complexity index is 844. The molecule has 3 rings (SSSR count). The molecule has 0 radical (unpaired) electrons. The van der Waals surface area contributed by atoms with Gasteiger partial charge in [0.2, 0.25) is 0 Å². The number of fused-ring (bicyclic) bond motifs is 1. The molecule has 0 aliphatic rings. The Morgan fingerprint density at radius 2 is 1.61 bits per heavy atom. The van der Waals surface area contributed by atoms with Crippen molar-refractivity contribution in [2.24, 2.45) is 0 Å². The van der Waals surface area contributed by atoms with Crippen molar-refractivity contribution in [1.29, 1.82) is 0 Å². The van der Waals surface area contributed by atoms with Crippen molar-refractivity contribution >= 4 is 22.6 Å². The first-order chi connectivity index (χ1) is 11.0. The minimum Gasteiger partial charge on any atom is -0.492 e. The van der Waals surface area contributed by atoms with Crippen molar-refractivity contribution in [1.82, 2.24) is 9.55 Å². The highest BCUT2D eigenvalue weighted by Gasteiger charge is 2.06. The van der Waals surface area contributed by atoms with E-state index in [0.717, 1.165) is 39.5 Å². The second-order valence-electron chi connectivity index (χ2n) is 6.08. The predicted octanol–water partition coefficient (Wildman–Crippen LogP) is 5.00. The van der Waals surface area contributed by atoms with Crippen molar-refractivity contribution in [2.75, 3.05) is 6.61 Å². The fraction of sp³-hybridized carbons (Fsp3) is 0.316. The zero-order valence-corrected chi connectivity index (χ0v) is 14.7. The van der Waals surface area contributed by atoms with Crippen molar-refractivity contribution in [2.45, 2.75) is 34.2 Å². The van der Waals surface area contributed by atoms with E-state index in [1.165, 1.54) is 11.1 Å². The van der Waals surface area contributed by atoms with Crippen LogP contribution in [-0.4, -0.2) is 16.2 Å². The van der Waals surface area contributed by atoms with Crippen LogP contribution in [0.4, 0.5) is 0 Å². The highest BCUT2D eigenvalue weighted by atomic mass is 35.5. The summed E-state index contributed by atoms with van der Waals surface area (Å²) in [6, 6.07) is 8.28. The largest absolute Gasteiger partial charge is 0.492 e. The lowest BCUT2D eigenvalue weighted by atomic mass is 10.1. The lowest BCUT2D eigenvalue weighted by Crippen LogP contribution is -2.07. The van der Waals surface area contributed by atoms with E-state index in [-0.39, 0.29) is 0 Å². The minimum atomic E-state index is 0.596. The Morgan fingerprint density at radius 3 is 2.30 bits per heavy atom. The molecule has 0 aliphatic carbocycles. The van der Waals surface area contributed by atoms with Gasteiger partial charge in [-0.25, -0.2) is 4.98 Å². The molecule has 120 valence electrons. The highest BCUT2D eigenvalue weighted by Crippen LogP contribution is 2.26. The normalized spacial score (nSPS) is 11.2. The van der Waals surface area contributed by atoms with Gasteiger partial charge in [-0.05, 0) is 74.2 Å². The van der Waals surface area contributed by atoms with Gasteiger partial charge in [0.05, 0.1) is 23.9 Å². The summed E-state index contributed by atoms with van der Waals surface area (Å²) in [4.78, 5) is 4.48. The van der Waals surface area contributed by atoms with Gasteiger partial charge in [-0.2, -0.15) is 0 Å². The lowest BCUT2D eigenvalue weighted by Gasteiger charge is -2.11. The number of aryl methyl sites for hydroxylation is 4. The topological polar surface area (TPSA) is 27.1 Å². The Kier molecular flexibility index (Phi) is 4.31. The lowest BCUT2D eigenvalue weighted by molar-refractivity contribution is 0.300. The molecule has 0 spiro atoms. The number of imidazole rings is 1. The van der Waals surface area contributed by atoms with E-state index in [4.69, 9.17) is 16.3 Å². The van der Waals surface area contributed by atoms with Gasteiger partial charge in [0.15, 0.2) is 0 Å². The number of nitrogens with zero attached hydrogens (tertiary/aromatic N) is 2. The van der Waals surface area contributed by atoms with Crippen LogP contribution in [0.15, 0.2) is 30.6 Å². The summed E-state index contributed by atoms with van der Waals surface area (Å²) in [5.41, 5.74) is 6.82. The molecule has 3 aromatic rings. The maximum Gasteiger partial charge on any atom is 0.120 e. The van der Waals surface area contributed by atoms with Crippen LogP contribution in [0.2, 0.25) is 5.02 Å². The third kappa shape index (κ3) is 3.20. The molecule has 3 nitrogen and oxygen atoms in total. The molecule has 1 aromatic heterocycles. The SMILES string of the molecule is Cc1cc2ncn(CCOc3cc(C)c(Cl)c(C)c3)c2cc1C. The summed E-state index contributed by atoms with van der Waals surface area (Å²) >= 11 is 6.19. The van der Waals surface area contributed by atoms with Gasteiger partial charge in [-0.15, -0.1) is 0 Å². The van der Waals surface area contributed by atoms with E-state index in [1.807, 2.05) is 32.3 Å². The number of ether oxygens (including phenoxy) is 1. The molecule has 0 atom stereocenters. The second kappa shape index (κ2) is 6.25. The monoisotopic (exact) mass is 328 g/mol. The molecule has 0 amide bonds. The summed E-state index contributed by atoms with van der Waals surface area (Å²) in [5.74, 6) is 0.862. The van der Waals surface area contributed by atoms with Crippen molar-refractivity contribution in [3.63, 3.8) is 0 Å². The van der Waals surface area contributed by atoms with E-state index >= 15 is 0 Å². The summed E-state index contributed by atoms with van der Waals surface area (Å²) in [6.45, 7) is 9.59. The molecular formula is C19H21ClN2O. The second-order valence-corrected chi connectivity index (χ2v) is 6.46. The minimum absolute atomic E-state index is 0.596. The standard InChI is InChI=1S/C19H21ClN2O/c1-12-9-17-18(10-13(12)2)22(11-21-17)5-6-23-16-7-14(3)19(20)15(4)8-16/h7-11H,5-6H2,1-4H3. The zero-order valence-electron chi connectivity index (χ0n) is 14.0. The van der Waals surface area contributed by atoms with Crippen molar-refractivity contribution in [3.05, 3.63) is 57.9 Å². The molecule has 0 saturated heterocycles. The van der Waals surface area contributed by atoms with Gasteiger partial charge in [-0.3, -0.25) is 0 Å². The Balaban J connectivity index is 1.73. The highest BCUT2D eigenvalue weighted by molar-refractivity contribution is 6.32. The fourth-order valence-corrected chi connectivity index (χ4v) is 2.85. The van der Waals surface area contributed by atoms with Gasteiger partial charge in [0.25, 0.3) is 0 Å². The summed E-state index contributed by atoms with van der Waals surface area (Å²) < 4.78 is 8.03. The molecular weight excluding hydrogens is 308 g/mol. The van der Waals surface area contributed by atoms with Crippen molar-refractivity contribution < 1.29 is 4.74 Å². The number of benzene rings is 2. The molecule has 0 N–H and O–H groups in total. The molecule has 23 heavy (non-hydrogen) atoms. The van der Waals surface area contributed by atoms with E-state index < -0.39 is 0 Å². The van der Waals surface area contributed by atoms with Gasteiger partial charge >= 0.3 is 0 Å². The third-order valence-electron chi connectivity index (χ3n) is 4.25. The maximum atomic E-state index is 6.19. The number of rotatable bonds is 4. The van der Waals surface area contributed by atoms with Crippen LogP contribution in [-0.2, 0) is 6.54 Å². The molecule has 1 heterocycles. The van der Waals surface area contributed by atoms with Crippen LogP contribution >= 0.6 is 11.6 Å². The zero-order chi connectivity index (χ0) is 16.6.